The van der Waals surface area contributed by atoms with Crippen molar-refractivity contribution in [2.45, 2.75) is 32.3 Å². The van der Waals surface area contributed by atoms with Crippen LogP contribution in [0.4, 0.5) is 5.69 Å². The van der Waals surface area contributed by atoms with E-state index in [0.29, 0.717) is 30.2 Å². The first-order chi connectivity index (χ1) is 11.1. The van der Waals surface area contributed by atoms with Crippen molar-refractivity contribution in [3.05, 3.63) is 28.8 Å². The fourth-order valence-corrected chi connectivity index (χ4v) is 3.47. The summed E-state index contributed by atoms with van der Waals surface area (Å²) in [6.07, 6.45) is 2.59. The maximum atomic E-state index is 12.6. The van der Waals surface area contributed by atoms with Crippen LogP contribution in [0, 0.1) is 12.8 Å². The van der Waals surface area contributed by atoms with Gasteiger partial charge in [-0.1, -0.05) is 17.7 Å². The second-order valence-electron chi connectivity index (χ2n) is 6.17. The maximum Gasteiger partial charge on any atom is 0.239 e. The summed E-state index contributed by atoms with van der Waals surface area (Å²) in [5.41, 5.74) is 1.72. The molecule has 0 aromatic heterocycles. The van der Waals surface area contributed by atoms with Gasteiger partial charge in [-0.15, -0.1) is 0 Å². The molecule has 1 aromatic rings. The molecule has 1 N–H and O–H groups in total. The smallest absolute Gasteiger partial charge is 0.239 e. The third-order valence-electron chi connectivity index (χ3n) is 4.44. The van der Waals surface area contributed by atoms with Crippen LogP contribution in [0.2, 0.25) is 5.02 Å². The van der Waals surface area contributed by atoms with Gasteiger partial charge in [-0.3, -0.25) is 9.59 Å². The zero-order valence-electron chi connectivity index (χ0n) is 13.2. The van der Waals surface area contributed by atoms with Crippen LogP contribution in [-0.4, -0.2) is 37.6 Å². The first kappa shape index (κ1) is 16.3. The minimum atomic E-state index is -0.631. The quantitative estimate of drug-likeness (QED) is 0.858. The van der Waals surface area contributed by atoms with Crippen LogP contribution in [-0.2, 0) is 14.3 Å². The molecule has 2 saturated heterocycles. The minimum absolute atomic E-state index is 0.0816. The Morgan fingerprint density at radius 3 is 2.96 bits per heavy atom. The van der Waals surface area contributed by atoms with Gasteiger partial charge in [-0.05, 0) is 43.9 Å². The number of hydrogen-bond acceptors (Lipinski definition) is 3. The topological polar surface area (TPSA) is 58.6 Å². The number of carbonyl (C=O) groups excluding carboxylic acids is 2. The molecule has 2 amide bonds. The second kappa shape index (κ2) is 6.89. The molecule has 124 valence electrons. The van der Waals surface area contributed by atoms with E-state index in [1.54, 1.807) is 4.90 Å². The van der Waals surface area contributed by atoms with Crippen LogP contribution in [0.5, 0.6) is 0 Å². The largest absolute Gasteiger partial charge is 0.376 e. The average Bonchev–Trinajstić information content (AvgIpc) is 3.15. The summed E-state index contributed by atoms with van der Waals surface area (Å²) in [7, 11) is 0. The molecule has 0 saturated carbocycles. The molecule has 2 unspecified atom stereocenters. The number of halogens is 1. The highest BCUT2D eigenvalue weighted by Gasteiger charge is 2.38. The normalized spacial score (nSPS) is 24.3. The van der Waals surface area contributed by atoms with E-state index in [0.717, 1.165) is 25.0 Å². The highest BCUT2D eigenvalue weighted by atomic mass is 35.5. The lowest BCUT2D eigenvalue weighted by Gasteiger charge is -2.19. The zero-order chi connectivity index (χ0) is 16.4. The van der Waals surface area contributed by atoms with Crippen molar-refractivity contribution in [1.29, 1.82) is 0 Å². The number of carbonyl (C=O) groups is 2. The lowest BCUT2D eigenvalue weighted by atomic mass is 10.1. The molecule has 0 radical (unpaired) electrons. The molecule has 2 atom stereocenters. The number of amides is 2. The average molecular weight is 337 g/mol. The second-order valence-corrected chi connectivity index (χ2v) is 6.57. The number of benzene rings is 1. The van der Waals surface area contributed by atoms with Crippen molar-refractivity contribution in [2.24, 2.45) is 5.92 Å². The van der Waals surface area contributed by atoms with E-state index in [2.05, 4.69) is 5.32 Å². The number of nitrogens with one attached hydrogen (secondary N) is 1. The van der Waals surface area contributed by atoms with E-state index in [9.17, 15) is 9.59 Å². The van der Waals surface area contributed by atoms with E-state index in [1.807, 2.05) is 25.1 Å². The Bertz CT molecular complexity index is 614. The van der Waals surface area contributed by atoms with Crippen molar-refractivity contribution in [2.75, 3.05) is 24.6 Å². The van der Waals surface area contributed by atoms with Crippen molar-refractivity contribution >= 4 is 29.1 Å². The lowest BCUT2D eigenvalue weighted by Crippen LogP contribution is -2.40. The summed E-state index contributed by atoms with van der Waals surface area (Å²) in [5, 5.41) is 3.39. The molecule has 0 bridgehead atoms. The molecular formula is C17H21ClN2O3. The van der Waals surface area contributed by atoms with Crippen LogP contribution >= 0.6 is 11.6 Å². The van der Waals surface area contributed by atoms with Gasteiger partial charge in [-0.25, -0.2) is 0 Å². The Hall–Kier alpha value is -1.59. The molecule has 0 spiro atoms. The van der Waals surface area contributed by atoms with Gasteiger partial charge in [0, 0.05) is 19.7 Å². The van der Waals surface area contributed by atoms with Crippen molar-refractivity contribution in [3.8, 4) is 0 Å². The summed E-state index contributed by atoms with van der Waals surface area (Å²) in [5.74, 6) is -1.02. The van der Waals surface area contributed by atoms with E-state index >= 15 is 0 Å². The van der Waals surface area contributed by atoms with Crippen molar-refractivity contribution < 1.29 is 14.3 Å². The standard InChI is InChI=1S/C17H21ClN2O3/c1-11-4-5-15(14(18)9-11)20-7-6-13(17(20)22)16(21)19-10-12-3-2-8-23-12/h4-5,9,12-13H,2-3,6-8,10H2,1H3,(H,19,21). The monoisotopic (exact) mass is 336 g/mol. The lowest BCUT2D eigenvalue weighted by molar-refractivity contribution is -0.132. The van der Waals surface area contributed by atoms with E-state index in [-0.39, 0.29) is 17.9 Å². The predicted octanol–water partition coefficient (Wildman–Crippen LogP) is 2.30. The molecule has 2 heterocycles. The van der Waals surface area contributed by atoms with Gasteiger partial charge in [0.2, 0.25) is 11.8 Å². The van der Waals surface area contributed by atoms with Crippen LogP contribution in [0.25, 0.3) is 0 Å². The summed E-state index contributed by atoms with van der Waals surface area (Å²) in [6, 6.07) is 5.58. The molecule has 23 heavy (non-hydrogen) atoms. The van der Waals surface area contributed by atoms with Gasteiger partial charge >= 0.3 is 0 Å². The molecule has 2 aliphatic heterocycles. The number of nitrogens with zero attached hydrogens (tertiary/aromatic N) is 1. The first-order valence-corrected chi connectivity index (χ1v) is 8.41. The van der Waals surface area contributed by atoms with Gasteiger partial charge in [-0.2, -0.15) is 0 Å². The number of rotatable bonds is 4. The summed E-state index contributed by atoms with van der Waals surface area (Å²) in [6.45, 7) is 3.69. The van der Waals surface area contributed by atoms with Crippen molar-refractivity contribution in [1.82, 2.24) is 5.32 Å². The molecule has 0 aliphatic carbocycles. The molecule has 6 heteroatoms. The Kier molecular flexibility index (Phi) is 4.87. The van der Waals surface area contributed by atoms with Crippen LogP contribution in [0.3, 0.4) is 0 Å². The zero-order valence-corrected chi connectivity index (χ0v) is 13.9. The summed E-state index contributed by atoms with van der Waals surface area (Å²) in [4.78, 5) is 26.4. The van der Waals surface area contributed by atoms with E-state index < -0.39 is 5.92 Å². The molecule has 5 nitrogen and oxygen atoms in total. The number of aryl methyl sites for hydroxylation is 1. The highest BCUT2D eigenvalue weighted by molar-refractivity contribution is 6.34. The van der Waals surface area contributed by atoms with Crippen LogP contribution in [0.1, 0.15) is 24.8 Å². The number of anilines is 1. The predicted molar refractivity (Wildman–Crippen MR) is 88.6 cm³/mol. The van der Waals surface area contributed by atoms with E-state index in [1.165, 1.54) is 0 Å². The third-order valence-corrected chi connectivity index (χ3v) is 4.75. The summed E-state index contributed by atoms with van der Waals surface area (Å²) < 4.78 is 5.48. The van der Waals surface area contributed by atoms with Gasteiger partial charge in [0.1, 0.15) is 5.92 Å². The van der Waals surface area contributed by atoms with Crippen LogP contribution in [0.15, 0.2) is 18.2 Å². The molecule has 2 fully saturated rings. The molecular weight excluding hydrogens is 316 g/mol. The number of hydrogen-bond donors (Lipinski definition) is 1. The third kappa shape index (κ3) is 3.51. The highest BCUT2D eigenvalue weighted by Crippen LogP contribution is 2.32. The fraction of sp³-hybridized carbons (Fsp3) is 0.529. The van der Waals surface area contributed by atoms with E-state index in [4.69, 9.17) is 16.3 Å². The van der Waals surface area contributed by atoms with Gasteiger partial charge in [0.15, 0.2) is 0 Å². The Labute approximate surface area is 140 Å². The summed E-state index contributed by atoms with van der Waals surface area (Å²) >= 11 is 6.24. The van der Waals surface area contributed by atoms with Gasteiger partial charge in [0.25, 0.3) is 0 Å². The SMILES string of the molecule is Cc1ccc(N2CCC(C(=O)NCC3CCCO3)C2=O)c(Cl)c1. The molecule has 1 aromatic carbocycles. The Morgan fingerprint density at radius 1 is 1.43 bits per heavy atom. The Balaban J connectivity index is 1.62. The van der Waals surface area contributed by atoms with Gasteiger partial charge < -0.3 is 15.0 Å². The first-order valence-electron chi connectivity index (χ1n) is 8.03. The Morgan fingerprint density at radius 2 is 2.26 bits per heavy atom. The van der Waals surface area contributed by atoms with Gasteiger partial charge in [0.05, 0.1) is 16.8 Å². The number of ether oxygens (including phenoxy) is 1. The van der Waals surface area contributed by atoms with Crippen LogP contribution < -0.4 is 10.2 Å². The maximum absolute atomic E-state index is 12.6. The molecule has 3 rings (SSSR count). The van der Waals surface area contributed by atoms with Crippen molar-refractivity contribution in [3.63, 3.8) is 0 Å². The fourth-order valence-electron chi connectivity index (χ4n) is 3.14. The minimum Gasteiger partial charge on any atom is -0.376 e. The molecule has 2 aliphatic rings.